The molecule has 1 aliphatic rings. The number of aliphatic hydroxyl groups is 1. The van der Waals surface area contributed by atoms with Crippen molar-refractivity contribution >= 4 is 5.69 Å². The molecule has 0 aromatic heterocycles. The fourth-order valence-corrected chi connectivity index (χ4v) is 1.57. The number of benzene rings is 1. The van der Waals surface area contributed by atoms with Crippen molar-refractivity contribution in [2.75, 3.05) is 18.5 Å². The molecule has 4 heteroatoms. The number of fused-ring (bicyclic) bond motifs is 1. The van der Waals surface area contributed by atoms with Crippen LogP contribution in [0.2, 0.25) is 0 Å². The summed E-state index contributed by atoms with van der Waals surface area (Å²) in [6.07, 6.45) is -0.600. The van der Waals surface area contributed by atoms with E-state index in [2.05, 4.69) is 17.6 Å². The zero-order valence-electron chi connectivity index (χ0n) is 10.8. The SMILES string of the molecule is CC.CCNCc1ccc2c(c1)OC[C@@H](O)N2. The number of rotatable bonds is 3. The molecule has 96 valence electrons. The molecule has 1 aromatic carbocycles. The van der Waals surface area contributed by atoms with Crippen LogP contribution in [0, 0.1) is 0 Å². The molecule has 4 nitrogen and oxygen atoms in total. The molecule has 3 N–H and O–H groups in total. The Morgan fingerprint density at radius 2 is 2.24 bits per heavy atom. The van der Waals surface area contributed by atoms with Crippen LogP contribution in [0.1, 0.15) is 26.3 Å². The smallest absolute Gasteiger partial charge is 0.159 e. The van der Waals surface area contributed by atoms with E-state index in [9.17, 15) is 5.11 Å². The molecule has 0 bridgehead atoms. The van der Waals surface area contributed by atoms with Crippen LogP contribution in [0.5, 0.6) is 5.75 Å². The van der Waals surface area contributed by atoms with Gasteiger partial charge >= 0.3 is 0 Å². The molecule has 0 unspecified atom stereocenters. The summed E-state index contributed by atoms with van der Waals surface area (Å²) < 4.78 is 5.42. The molecule has 0 fully saturated rings. The summed E-state index contributed by atoms with van der Waals surface area (Å²) in [7, 11) is 0. The highest BCUT2D eigenvalue weighted by molar-refractivity contribution is 5.59. The monoisotopic (exact) mass is 238 g/mol. The molecule has 0 saturated carbocycles. The van der Waals surface area contributed by atoms with Crippen LogP contribution in [0.4, 0.5) is 5.69 Å². The van der Waals surface area contributed by atoms with E-state index in [0.29, 0.717) is 6.61 Å². The summed E-state index contributed by atoms with van der Waals surface area (Å²) in [6, 6.07) is 5.96. The van der Waals surface area contributed by atoms with Gasteiger partial charge in [-0.25, -0.2) is 0 Å². The Balaban J connectivity index is 0.000000686. The molecule has 0 aliphatic carbocycles. The Labute approximate surface area is 103 Å². The van der Waals surface area contributed by atoms with Crippen LogP contribution in [-0.4, -0.2) is 24.5 Å². The minimum Gasteiger partial charge on any atom is -0.487 e. The summed E-state index contributed by atoms with van der Waals surface area (Å²) in [4.78, 5) is 0. The Bertz CT molecular complexity index is 342. The third kappa shape index (κ3) is 3.91. The van der Waals surface area contributed by atoms with Gasteiger partial charge in [-0.1, -0.05) is 26.8 Å². The second kappa shape index (κ2) is 7.14. The van der Waals surface area contributed by atoms with E-state index in [0.717, 1.165) is 24.5 Å². The van der Waals surface area contributed by atoms with Gasteiger partial charge in [-0.15, -0.1) is 0 Å². The van der Waals surface area contributed by atoms with Crippen LogP contribution in [0.25, 0.3) is 0 Å². The molecule has 1 aliphatic heterocycles. The quantitative estimate of drug-likeness (QED) is 0.753. The predicted molar refractivity (Wildman–Crippen MR) is 70.3 cm³/mol. The molecule has 0 spiro atoms. The maximum Gasteiger partial charge on any atom is 0.159 e. The van der Waals surface area contributed by atoms with Gasteiger partial charge < -0.3 is 20.5 Å². The Kier molecular flexibility index (Phi) is 5.80. The molecule has 1 atom stereocenters. The van der Waals surface area contributed by atoms with Gasteiger partial charge in [0.25, 0.3) is 0 Å². The standard InChI is InChI=1S/C11H16N2O2.C2H6/c1-2-12-6-8-3-4-9-10(5-8)15-7-11(14)13-9;1-2/h3-5,11-14H,2,6-7H2,1H3;1-2H3/t11-;/m1./s1. The second-order valence-electron chi connectivity index (χ2n) is 3.58. The third-order valence-electron chi connectivity index (χ3n) is 2.34. The summed E-state index contributed by atoms with van der Waals surface area (Å²) in [5, 5.41) is 15.5. The first kappa shape index (κ1) is 13.8. The lowest BCUT2D eigenvalue weighted by Crippen LogP contribution is -2.30. The minimum absolute atomic E-state index is 0.303. The zero-order chi connectivity index (χ0) is 12.7. The van der Waals surface area contributed by atoms with Crippen molar-refractivity contribution in [3.63, 3.8) is 0 Å². The van der Waals surface area contributed by atoms with Crippen molar-refractivity contribution in [3.8, 4) is 5.75 Å². The lowest BCUT2D eigenvalue weighted by molar-refractivity contribution is 0.119. The van der Waals surface area contributed by atoms with Crippen LogP contribution < -0.4 is 15.4 Å². The molecule has 0 radical (unpaired) electrons. The molecule has 1 aromatic rings. The van der Waals surface area contributed by atoms with Gasteiger partial charge in [0.2, 0.25) is 0 Å². The van der Waals surface area contributed by atoms with Gasteiger partial charge in [-0.05, 0) is 24.2 Å². The summed E-state index contributed by atoms with van der Waals surface area (Å²) in [5.74, 6) is 0.815. The first-order valence-corrected chi connectivity index (χ1v) is 6.20. The highest BCUT2D eigenvalue weighted by Gasteiger charge is 2.15. The van der Waals surface area contributed by atoms with Gasteiger partial charge in [0.15, 0.2) is 6.23 Å². The van der Waals surface area contributed by atoms with Crippen LogP contribution in [-0.2, 0) is 6.54 Å². The highest BCUT2D eigenvalue weighted by Crippen LogP contribution is 2.29. The second-order valence-corrected chi connectivity index (χ2v) is 3.58. The van der Waals surface area contributed by atoms with Crippen molar-refractivity contribution in [2.24, 2.45) is 0 Å². The topological polar surface area (TPSA) is 53.5 Å². The van der Waals surface area contributed by atoms with E-state index in [1.165, 1.54) is 5.56 Å². The normalized spacial score (nSPS) is 17.1. The maximum absolute atomic E-state index is 9.32. The largest absolute Gasteiger partial charge is 0.487 e. The van der Waals surface area contributed by atoms with Crippen LogP contribution >= 0.6 is 0 Å². The lowest BCUT2D eigenvalue weighted by atomic mass is 10.1. The van der Waals surface area contributed by atoms with E-state index >= 15 is 0 Å². The average molecular weight is 238 g/mol. The number of anilines is 1. The van der Waals surface area contributed by atoms with Gasteiger partial charge in [0.1, 0.15) is 12.4 Å². The average Bonchev–Trinajstić information content (AvgIpc) is 2.38. The number of nitrogens with one attached hydrogen (secondary N) is 2. The van der Waals surface area contributed by atoms with E-state index in [1.54, 1.807) is 0 Å². The van der Waals surface area contributed by atoms with E-state index in [-0.39, 0.29) is 0 Å². The van der Waals surface area contributed by atoms with Crippen LogP contribution in [0.15, 0.2) is 18.2 Å². The van der Waals surface area contributed by atoms with Crippen LogP contribution in [0.3, 0.4) is 0 Å². The molecule has 1 heterocycles. The fourth-order valence-electron chi connectivity index (χ4n) is 1.57. The van der Waals surface area contributed by atoms with Crippen molar-refractivity contribution in [2.45, 2.75) is 33.5 Å². The fraction of sp³-hybridized carbons (Fsp3) is 0.538. The maximum atomic E-state index is 9.32. The number of ether oxygens (including phenoxy) is 1. The van der Waals surface area contributed by atoms with Gasteiger partial charge in [0.05, 0.1) is 5.69 Å². The minimum atomic E-state index is -0.600. The first-order chi connectivity index (χ1) is 8.29. The summed E-state index contributed by atoms with van der Waals surface area (Å²) >= 11 is 0. The Morgan fingerprint density at radius 3 is 2.94 bits per heavy atom. The molecule has 0 saturated heterocycles. The lowest BCUT2D eigenvalue weighted by Gasteiger charge is -2.24. The number of aliphatic hydroxyl groups excluding tert-OH is 1. The molecule has 2 rings (SSSR count). The molecule has 0 amide bonds. The Morgan fingerprint density at radius 1 is 1.47 bits per heavy atom. The van der Waals surface area contributed by atoms with Crippen molar-refractivity contribution in [1.82, 2.24) is 5.32 Å². The first-order valence-electron chi connectivity index (χ1n) is 6.20. The van der Waals surface area contributed by atoms with Gasteiger partial charge in [-0.2, -0.15) is 0 Å². The molecular formula is C13H22N2O2. The van der Waals surface area contributed by atoms with E-state index in [4.69, 9.17) is 4.74 Å². The van der Waals surface area contributed by atoms with E-state index in [1.807, 2.05) is 32.0 Å². The predicted octanol–water partition coefficient (Wildman–Crippen LogP) is 1.94. The van der Waals surface area contributed by atoms with Crippen molar-refractivity contribution in [3.05, 3.63) is 23.8 Å². The number of hydrogen-bond donors (Lipinski definition) is 3. The summed E-state index contributed by atoms with van der Waals surface area (Å²) in [5.41, 5.74) is 2.04. The van der Waals surface area contributed by atoms with Crippen molar-refractivity contribution < 1.29 is 9.84 Å². The van der Waals surface area contributed by atoms with Crippen molar-refractivity contribution in [1.29, 1.82) is 0 Å². The third-order valence-corrected chi connectivity index (χ3v) is 2.34. The van der Waals surface area contributed by atoms with E-state index < -0.39 is 6.23 Å². The molecule has 17 heavy (non-hydrogen) atoms. The summed E-state index contributed by atoms with van der Waals surface area (Å²) in [6.45, 7) is 8.18. The zero-order valence-corrected chi connectivity index (χ0v) is 10.8. The highest BCUT2D eigenvalue weighted by atomic mass is 16.5. The van der Waals surface area contributed by atoms with Gasteiger partial charge in [-0.3, -0.25) is 0 Å². The number of hydrogen-bond acceptors (Lipinski definition) is 4. The molecular weight excluding hydrogens is 216 g/mol. The Hall–Kier alpha value is -1.26. The van der Waals surface area contributed by atoms with Gasteiger partial charge in [0, 0.05) is 6.54 Å².